The molecule has 0 bridgehead atoms. The number of nitrogens with one attached hydrogen (secondary N) is 1. The number of ether oxygens (including phenoxy) is 1. The van der Waals surface area contributed by atoms with Gasteiger partial charge in [-0.25, -0.2) is 0 Å². The highest BCUT2D eigenvalue weighted by molar-refractivity contribution is 14.1. The van der Waals surface area contributed by atoms with E-state index in [-0.39, 0.29) is 5.75 Å². The smallest absolute Gasteiger partial charge is 0.321 e. The third kappa shape index (κ3) is 6.09. The van der Waals surface area contributed by atoms with Crippen LogP contribution in [-0.4, -0.2) is 28.8 Å². The molecule has 5 nitrogen and oxygen atoms in total. The number of rotatable bonds is 8. The highest BCUT2D eigenvalue weighted by Gasteiger charge is 2.19. The minimum absolute atomic E-state index is 0.219. The first kappa shape index (κ1) is 22.0. The summed E-state index contributed by atoms with van der Waals surface area (Å²) in [4.78, 5) is 11.4. The molecule has 0 unspecified atom stereocenters. The van der Waals surface area contributed by atoms with Gasteiger partial charge >= 0.3 is 5.97 Å². The van der Waals surface area contributed by atoms with Gasteiger partial charge in [-0.1, -0.05) is 6.92 Å². The summed E-state index contributed by atoms with van der Waals surface area (Å²) >= 11 is 6.44. The van der Waals surface area contributed by atoms with Crippen LogP contribution in [0.3, 0.4) is 0 Å². The van der Waals surface area contributed by atoms with Gasteiger partial charge in [-0.05, 0) is 123 Å². The first-order chi connectivity index (χ1) is 12.3. The first-order valence-electron chi connectivity index (χ1n) is 7.92. The molecule has 0 aliphatic heterocycles. The normalized spacial score (nSPS) is 12.0. The molecule has 0 saturated carbocycles. The first-order valence-corrected chi connectivity index (χ1v) is 11.2. The Morgan fingerprint density at radius 1 is 1.15 bits per heavy atom. The van der Waals surface area contributed by atoms with Crippen molar-refractivity contribution in [2.45, 2.75) is 25.8 Å². The van der Waals surface area contributed by atoms with E-state index in [0.717, 1.165) is 24.9 Å². The lowest BCUT2D eigenvalue weighted by Gasteiger charge is -2.16. The molecule has 1 atom stereocenters. The molecule has 8 heteroatoms. The van der Waals surface area contributed by atoms with Crippen molar-refractivity contribution in [1.29, 1.82) is 0 Å². The van der Waals surface area contributed by atoms with Crippen molar-refractivity contribution in [1.82, 2.24) is 5.32 Å². The van der Waals surface area contributed by atoms with Crippen molar-refractivity contribution in [3.05, 3.63) is 46.6 Å². The molecule has 0 radical (unpaired) electrons. The van der Waals surface area contributed by atoms with Gasteiger partial charge in [-0.3, -0.25) is 4.79 Å². The number of phenols is 1. The van der Waals surface area contributed by atoms with Crippen molar-refractivity contribution in [2.75, 3.05) is 6.54 Å². The van der Waals surface area contributed by atoms with Crippen LogP contribution in [0.5, 0.6) is 17.2 Å². The number of aromatic hydroxyl groups is 1. The quantitative estimate of drug-likeness (QED) is 0.340. The van der Waals surface area contributed by atoms with Gasteiger partial charge in [0.25, 0.3) is 0 Å². The van der Waals surface area contributed by atoms with Crippen LogP contribution in [0.15, 0.2) is 30.3 Å². The molecular formula is C18H18I3NO4. The third-order valence-electron chi connectivity index (χ3n) is 3.58. The van der Waals surface area contributed by atoms with Crippen LogP contribution in [-0.2, 0) is 11.2 Å². The Bertz CT molecular complexity index is 775. The van der Waals surface area contributed by atoms with E-state index in [1.807, 2.05) is 41.6 Å². The number of benzene rings is 2. The predicted molar refractivity (Wildman–Crippen MR) is 126 cm³/mol. The van der Waals surface area contributed by atoms with E-state index >= 15 is 0 Å². The Hall–Kier alpha value is -0.340. The number of carboxylic acid groups (broad SMARTS) is 1. The topological polar surface area (TPSA) is 78.8 Å². The van der Waals surface area contributed by atoms with Crippen LogP contribution in [0.2, 0.25) is 0 Å². The summed E-state index contributed by atoms with van der Waals surface area (Å²) in [5.41, 5.74) is 0.947. The van der Waals surface area contributed by atoms with Crippen molar-refractivity contribution in [3.63, 3.8) is 0 Å². The molecule has 26 heavy (non-hydrogen) atoms. The lowest BCUT2D eigenvalue weighted by molar-refractivity contribution is -0.139. The summed E-state index contributed by atoms with van der Waals surface area (Å²) < 4.78 is 8.52. The number of hydrogen-bond acceptors (Lipinski definition) is 4. The molecule has 3 N–H and O–H groups in total. The van der Waals surface area contributed by atoms with Gasteiger partial charge in [0.1, 0.15) is 17.5 Å². The largest absolute Gasteiger partial charge is 0.507 e. The molecule has 0 aliphatic carbocycles. The Balaban J connectivity index is 2.21. The molecule has 0 aromatic heterocycles. The molecule has 0 amide bonds. The van der Waals surface area contributed by atoms with Crippen molar-refractivity contribution >= 4 is 73.7 Å². The number of aliphatic carboxylic acids is 1. The summed E-state index contributed by atoms with van der Waals surface area (Å²) in [5.74, 6) is 0.744. The minimum atomic E-state index is -0.845. The van der Waals surface area contributed by atoms with Crippen LogP contribution < -0.4 is 10.1 Å². The monoisotopic (exact) mass is 693 g/mol. The van der Waals surface area contributed by atoms with E-state index < -0.39 is 12.0 Å². The second-order valence-electron chi connectivity index (χ2n) is 5.65. The van der Waals surface area contributed by atoms with Crippen LogP contribution in [0.25, 0.3) is 0 Å². The lowest BCUT2D eigenvalue weighted by atomic mass is 10.1. The number of phenolic OH excluding ortho intramolecular Hbond substituents is 1. The molecule has 2 aromatic carbocycles. The summed E-state index contributed by atoms with van der Waals surface area (Å²) in [6.45, 7) is 2.68. The zero-order valence-electron chi connectivity index (χ0n) is 13.9. The van der Waals surface area contributed by atoms with E-state index in [2.05, 4.69) is 50.5 Å². The average Bonchev–Trinajstić information content (AvgIpc) is 2.57. The SMILES string of the molecule is CCCN[C@@H](Cc1cc(I)c(Oc2ccc(O)c(I)c2)c(I)c1)C(=O)O. The van der Waals surface area contributed by atoms with Crippen LogP contribution in [0, 0.1) is 10.7 Å². The molecular weight excluding hydrogens is 675 g/mol. The van der Waals surface area contributed by atoms with Gasteiger partial charge in [-0.2, -0.15) is 0 Å². The van der Waals surface area contributed by atoms with Gasteiger partial charge in [0, 0.05) is 0 Å². The fourth-order valence-electron chi connectivity index (χ4n) is 2.30. The summed E-state index contributed by atoms with van der Waals surface area (Å²) in [6.07, 6.45) is 1.30. The van der Waals surface area contributed by atoms with E-state index in [1.54, 1.807) is 18.2 Å². The fraction of sp³-hybridized carbons (Fsp3) is 0.278. The molecule has 2 rings (SSSR count). The fourth-order valence-corrected chi connectivity index (χ4v) is 4.90. The van der Waals surface area contributed by atoms with Crippen molar-refractivity contribution in [3.8, 4) is 17.2 Å². The zero-order chi connectivity index (χ0) is 19.3. The van der Waals surface area contributed by atoms with E-state index in [1.165, 1.54) is 0 Å². The molecule has 0 aliphatic rings. The summed E-state index contributed by atoms with van der Waals surface area (Å²) in [7, 11) is 0. The number of carbonyl (C=O) groups is 1. The second kappa shape index (κ2) is 10.3. The van der Waals surface area contributed by atoms with E-state index in [9.17, 15) is 15.0 Å². The molecule has 2 aromatic rings. The van der Waals surface area contributed by atoms with Crippen LogP contribution in [0.4, 0.5) is 0 Å². The Morgan fingerprint density at radius 2 is 1.81 bits per heavy atom. The molecule has 0 heterocycles. The van der Waals surface area contributed by atoms with Gasteiger partial charge in [-0.15, -0.1) is 0 Å². The van der Waals surface area contributed by atoms with Crippen molar-refractivity contribution in [2.24, 2.45) is 0 Å². The number of hydrogen-bond donors (Lipinski definition) is 3. The molecule has 0 spiro atoms. The Morgan fingerprint density at radius 3 is 2.35 bits per heavy atom. The predicted octanol–water partition coefficient (Wildman–Crippen LogP) is 4.99. The third-order valence-corrected chi connectivity index (χ3v) is 6.04. The van der Waals surface area contributed by atoms with Crippen molar-refractivity contribution < 1.29 is 19.7 Å². The summed E-state index contributed by atoms with van der Waals surface area (Å²) in [5, 5.41) is 22.1. The van der Waals surface area contributed by atoms with Crippen LogP contribution in [0.1, 0.15) is 18.9 Å². The molecule has 0 fully saturated rings. The molecule has 0 saturated heterocycles. The average molecular weight is 693 g/mol. The molecule has 140 valence electrons. The van der Waals surface area contributed by atoms with E-state index in [0.29, 0.717) is 22.3 Å². The second-order valence-corrected chi connectivity index (χ2v) is 9.14. The Kier molecular flexibility index (Phi) is 8.67. The van der Waals surface area contributed by atoms with Gasteiger partial charge in [0.15, 0.2) is 5.75 Å². The maximum Gasteiger partial charge on any atom is 0.321 e. The van der Waals surface area contributed by atoms with Gasteiger partial charge < -0.3 is 20.3 Å². The highest BCUT2D eigenvalue weighted by atomic mass is 127. The zero-order valence-corrected chi connectivity index (χ0v) is 20.4. The highest BCUT2D eigenvalue weighted by Crippen LogP contribution is 2.35. The number of carboxylic acids is 1. The van der Waals surface area contributed by atoms with Gasteiger partial charge in [0.2, 0.25) is 0 Å². The maximum absolute atomic E-state index is 11.4. The maximum atomic E-state index is 11.4. The minimum Gasteiger partial charge on any atom is -0.507 e. The van der Waals surface area contributed by atoms with E-state index in [4.69, 9.17) is 4.74 Å². The Labute approximate surface area is 193 Å². The lowest BCUT2D eigenvalue weighted by Crippen LogP contribution is -2.38. The summed E-state index contributed by atoms with van der Waals surface area (Å²) in [6, 6.07) is 8.38. The number of halogens is 3. The standard InChI is InChI=1S/C18H18I3NO4/c1-2-5-22-15(18(24)25)8-10-6-13(20)17(14(21)7-10)26-11-3-4-16(23)12(19)9-11/h3-4,6-7,9,15,22-23H,2,5,8H2,1H3,(H,24,25)/t15-/m0/s1. The van der Waals surface area contributed by atoms with Gasteiger partial charge in [0.05, 0.1) is 10.7 Å². The van der Waals surface area contributed by atoms with Crippen LogP contribution >= 0.6 is 67.8 Å².